The molecule has 0 saturated carbocycles. The number of nitrogens with one attached hydrogen (secondary N) is 2. The van der Waals surface area contributed by atoms with Gasteiger partial charge in [0.1, 0.15) is 5.82 Å². The zero-order chi connectivity index (χ0) is 21.4. The summed E-state index contributed by atoms with van der Waals surface area (Å²) in [6, 6.07) is 14.9. The van der Waals surface area contributed by atoms with Crippen molar-refractivity contribution in [1.82, 2.24) is 14.5 Å². The topological polar surface area (TPSA) is 71.8 Å². The molecule has 0 aliphatic rings. The first-order chi connectivity index (χ1) is 14.3. The van der Waals surface area contributed by atoms with Crippen LogP contribution in [0.25, 0.3) is 11.0 Å². The number of benzene rings is 2. The summed E-state index contributed by atoms with van der Waals surface area (Å²) in [5.41, 5.74) is 5.94. The summed E-state index contributed by atoms with van der Waals surface area (Å²) in [6.45, 7) is 5.89. The van der Waals surface area contributed by atoms with E-state index < -0.39 is 0 Å². The summed E-state index contributed by atoms with van der Waals surface area (Å²) in [5, 5.41) is 6.78. The van der Waals surface area contributed by atoms with Crippen LogP contribution < -0.4 is 10.6 Å². The summed E-state index contributed by atoms with van der Waals surface area (Å²) in [5.74, 6) is 0.949. The molecule has 152 valence electrons. The van der Waals surface area contributed by atoms with Crippen molar-refractivity contribution >= 4 is 46.0 Å². The van der Waals surface area contributed by atoms with Crippen molar-refractivity contribution in [2.45, 2.75) is 20.8 Å². The van der Waals surface area contributed by atoms with Gasteiger partial charge in [0.15, 0.2) is 0 Å². The molecule has 0 atom stereocenters. The average Bonchev–Trinajstić information content (AvgIpc) is 3.02. The van der Waals surface area contributed by atoms with E-state index >= 15 is 0 Å². The van der Waals surface area contributed by atoms with Crippen LogP contribution >= 0.6 is 11.6 Å². The summed E-state index contributed by atoms with van der Waals surface area (Å²) >= 11 is 6.34. The number of imidazole rings is 1. The van der Waals surface area contributed by atoms with Crippen LogP contribution in [0.15, 0.2) is 48.5 Å². The molecule has 0 aliphatic carbocycles. The second-order valence-electron chi connectivity index (χ2n) is 7.31. The van der Waals surface area contributed by atoms with Gasteiger partial charge in [-0.25, -0.2) is 9.97 Å². The van der Waals surface area contributed by atoms with Gasteiger partial charge in [0, 0.05) is 18.3 Å². The average molecular weight is 420 g/mol. The third kappa shape index (κ3) is 3.74. The van der Waals surface area contributed by atoms with E-state index in [1.54, 1.807) is 18.2 Å². The third-order valence-corrected chi connectivity index (χ3v) is 5.51. The number of halogens is 1. The molecule has 4 aromatic rings. The Kier molecular flexibility index (Phi) is 5.18. The standard InChI is InChI=1S/C23H22ClN5O/c1-13-8-11-20(25-15(13)3)27-22(30)16-9-10-19-18(12-16)26-23(29(19)4)28-21-14(2)6-5-7-17(21)24/h5-12H,1-4H3,(H,26,28)(H,25,27,30). The maximum atomic E-state index is 12.7. The molecule has 4 rings (SSSR count). The van der Waals surface area contributed by atoms with Crippen molar-refractivity contribution in [1.29, 1.82) is 0 Å². The molecule has 0 unspecified atom stereocenters. The van der Waals surface area contributed by atoms with Crippen LogP contribution in [0.3, 0.4) is 0 Å². The van der Waals surface area contributed by atoms with Gasteiger partial charge < -0.3 is 15.2 Å². The fourth-order valence-corrected chi connectivity index (χ4v) is 3.51. The molecule has 2 aromatic heterocycles. The Morgan fingerprint density at radius 1 is 1.00 bits per heavy atom. The van der Waals surface area contributed by atoms with Crippen LogP contribution in [0.2, 0.25) is 5.02 Å². The van der Waals surface area contributed by atoms with Crippen molar-refractivity contribution in [3.05, 3.63) is 75.9 Å². The number of nitrogens with zero attached hydrogens (tertiary/aromatic N) is 3. The summed E-state index contributed by atoms with van der Waals surface area (Å²) in [4.78, 5) is 21.8. The van der Waals surface area contributed by atoms with Gasteiger partial charge in [-0.3, -0.25) is 4.79 Å². The fourth-order valence-electron chi connectivity index (χ4n) is 3.24. The number of hydrogen-bond donors (Lipinski definition) is 2. The van der Waals surface area contributed by atoms with E-state index in [1.165, 1.54) is 0 Å². The van der Waals surface area contributed by atoms with Crippen LogP contribution in [-0.4, -0.2) is 20.4 Å². The van der Waals surface area contributed by atoms with Gasteiger partial charge in [0.2, 0.25) is 5.95 Å². The minimum absolute atomic E-state index is 0.227. The number of aromatic nitrogens is 3. The highest BCUT2D eigenvalue weighted by atomic mass is 35.5. The summed E-state index contributed by atoms with van der Waals surface area (Å²) in [6.07, 6.45) is 0. The van der Waals surface area contributed by atoms with Gasteiger partial charge in [-0.15, -0.1) is 0 Å². The molecule has 30 heavy (non-hydrogen) atoms. The fraction of sp³-hybridized carbons (Fsp3) is 0.174. The number of para-hydroxylation sites is 1. The molecule has 2 N–H and O–H groups in total. The van der Waals surface area contributed by atoms with E-state index in [0.29, 0.717) is 27.9 Å². The first-order valence-electron chi connectivity index (χ1n) is 9.57. The van der Waals surface area contributed by atoms with Gasteiger partial charge in [-0.05, 0) is 62.2 Å². The van der Waals surface area contributed by atoms with Crippen molar-refractivity contribution in [2.24, 2.45) is 7.05 Å². The first-order valence-corrected chi connectivity index (χ1v) is 9.95. The maximum absolute atomic E-state index is 12.7. The SMILES string of the molecule is Cc1ccc(NC(=O)c2ccc3c(c2)nc(Nc2c(C)cccc2Cl)n3C)nc1C. The van der Waals surface area contributed by atoms with E-state index in [2.05, 4.69) is 20.6 Å². The van der Waals surface area contributed by atoms with Crippen LogP contribution in [0, 0.1) is 20.8 Å². The molecule has 6 nitrogen and oxygen atoms in total. The summed E-state index contributed by atoms with van der Waals surface area (Å²) < 4.78 is 1.94. The Hall–Kier alpha value is -3.38. The van der Waals surface area contributed by atoms with Crippen LogP contribution in [0.4, 0.5) is 17.5 Å². The van der Waals surface area contributed by atoms with Crippen LogP contribution in [0.5, 0.6) is 0 Å². The number of pyridine rings is 1. The monoisotopic (exact) mass is 419 g/mol. The lowest BCUT2D eigenvalue weighted by molar-refractivity contribution is 0.102. The molecular formula is C23H22ClN5O. The quantitative estimate of drug-likeness (QED) is 0.455. The van der Waals surface area contributed by atoms with Gasteiger partial charge in [0.25, 0.3) is 5.91 Å². The maximum Gasteiger partial charge on any atom is 0.256 e. The van der Waals surface area contributed by atoms with Crippen molar-refractivity contribution in [3.63, 3.8) is 0 Å². The molecule has 1 amide bonds. The number of amides is 1. The number of fused-ring (bicyclic) bond motifs is 1. The van der Waals surface area contributed by atoms with Gasteiger partial charge in [-0.2, -0.15) is 0 Å². The predicted octanol–water partition coefficient (Wildman–Crippen LogP) is 5.54. The Balaban J connectivity index is 1.63. The predicted molar refractivity (Wildman–Crippen MR) is 122 cm³/mol. The number of aryl methyl sites for hydroxylation is 4. The second kappa shape index (κ2) is 7.80. The van der Waals surface area contributed by atoms with Gasteiger partial charge in [-0.1, -0.05) is 29.8 Å². The third-order valence-electron chi connectivity index (χ3n) is 5.19. The minimum Gasteiger partial charge on any atom is -0.324 e. The molecular weight excluding hydrogens is 398 g/mol. The highest BCUT2D eigenvalue weighted by Crippen LogP contribution is 2.30. The van der Waals surface area contributed by atoms with E-state index in [4.69, 9.17) is 11.6 Å². The van der Waals surface area contributed by atoms with Gasteiger partial charge >= 0.3 is 0 Å². The number of carbonyl (C=O) groups excluding carboxylic acids is 1. The molecule has 0 radical (unpaired) electrons. The van der Waals surface area contributed by atoms with Crippen molar-refractivity contribution in [3.8, 4) is 0 Å². The molecule has 2 aromatic carbocycles. The number of anilines is 3. The Bertz CT molecular complexity index is 1260. The summed E-state index contributed by atoms with van der Waals surface area (Å²) in [7, 11) is 1.92. The van der Waals surface area contributed by atoms with Gasteiger partial charge in [0.05, 0.1) is 21.7 Å². The van der Waals surface area contributed by atoms with Crippen LogP contribution in [0.1, 0.15) is 27.2 Å². The van der Waals surface area contributed by atoms with E-state index in [1.807, 2.05) is 62.7 Å². The smallest absolute Gasteiger partial charge is 0.256 e. The Morgan fingerprint density at radius 2 is 1.80 bits per heavy atom. The lowest BCUT2D eigenvalue weighted by Gasteiger charge is -2.10. The number of rotatable bonds is 4. The van der Waals surface area contributed by atoms with Crippen LogP contribution in [-0.2, 0) is 7.05 Å². The van der Waals surface area contributed by atoms with E-state index in [0.717, 1.165) is 28.0 Å². The molecule has 0 aliphatic heterocycles. The highest BCUT2D eigenvalue weighted by Gasteiger charge is 2.14. The molecule has 0 fully saturated rings. The normalized spacial score (nSPS) is 11.0. The lowest BCUT2D eigenvalue weighted by atomic mass is 10.2. The first kappa shape index (κ1) is 19.9. The molecule has 0 bridgehead atoms. The molecule has 2 heterocycles. The lowest BCUT2D eigenvalue weighted by Crippen LogP contribution is -2.13. The largest absolute Gasteiger partial charge is 0.324 e. The van der Waals surface area contributed by atoms with Crippen molar-refractivity contribution < 1.29 is 4.79 Å². The number of carbonyl (C=O) groups is 1. The molecule has 0 spiro atoms. The Labute approximate surface area is 179 Å². The molecule has 7 heteroatoms. The van der Waals surface area contributed by atoms with E-state index in [-0.39, 0.29) is 5.91 Å². The minimum atomic E-state index is -0.227. The second-order valence-corrected chi connectivity index (χ2v) is 7.71. The van der Waals surface area contributed by atoms with Crippen molar-refractivity contribution in [2.75, 3.05) is 10.6 Å². The van der Waals surface area contributed by atoms with E-state index in [9.17, 15) is 4.79 Å². The highest BCUT2D eigenvalue weighted by molar-refractivity contribution is 6.33. The zero-order valence-electron chi connectivity index (χ0n) is 17.2. The Morgan fingerprint density at radius 3 is 2.53 bits per heavy atom. The number of hydrogen-bond acceptors (Lipinski definition) is 4. The molecule has 0 saturated heterocycles. The zero-order valence-corrected chi connectivity index (χ0v) is 18.0.